The van der Waals surface area contributed by atoms with E-state index in [4.69, 9.17) is 0 Å². The summed E-state index contributed by atoms with van der Waals surface area (Å²) in [5.41, 5.74) is 2.78. The van der Waals surface area contributed by atoms with Crippen LogP contribution in [0.4, 0.5) is 0 Å². The minimum atomic E-state index is -0.165. The molecule has 0 atom stereocenters. The Morgan fingerprint density at radius 2 is 1.40 bits per heavy atom. The lowest BCUT2D eigenvalue weighted by molar-refractivity contribution is -0.253. The average molecular weight is 272 g/mol. The number of nitrogens with zero attached hydrogens (tertiary/aromatic N) is 2. The number of hydrogen-bond donors (Lipinski definition) is 1. The first kappa shape index (κ1) is 12.8. The zero-order chi connectivity index (χ0) is 14.1. The van der Waals surface area contributed by atoms with Crippen molar-refractivity contribution in [2.75, 3.05) is 26.2 Å². The molecule has 1 N–H and O–H groups in total. The van der Waals surface area contributed by atoms with E-state index in [9.17, 15) is 5.11 Å². The van der Waals surface area contributed by atoms with Gasteiger partial charge < -0.3 is 5.11 Å². The van der Waals surface area contributed by atoms with Crippen molar-refractivity contribution in [2.45, 2.75) is 33.0 Å². The average Bonchev–Trinajstić information content (AvgIpc) is 2.36. The molecule has 4 fully saturated rings. The van der Waals surface area contributed by atoms with E-state index in [-0.39, 0.29) is 16.9 Å². The minimum absolute atomic E-state index is 0.0342. The topological polar surface area (TPSA) is 26.7 Å². The summed E-state index contributed by atoms with van der Waals surface area (Å²) in [4.78, 5) is 5.15. The summed E-state index contributed by atoms with van der Waals surface area (Å²) in [7, 11) is 0. The third-order valence-electron chi connectivity index (χ3n) is 5.64. The lowest BCUT2D eigenvalue weighted by atomic mass is 9.60. The molecule has 0 spiro atoms. The molecule has 1 aromatic carbocycles. The van der Waals surface area contributed by atoms with Gasteiger partial charge in [0.2, 0.25) is 0 Å². The Hall–Kier alpha value is -0.900. The summed E-state index contributed by atoms with van der Waals surface area (Å²) in [5.74, 6) is 0. The molecule has 4 heterocycles. The molecule has 4 saturated heterocycles. The maximum absolute atomic E-state index is 10.7. The SMILES string of the molecule is Cc1ccc(C2N3CC4(C)CN2CC(C)(C3)C4O)cc1. The van der Waals surface area contributed by atoms with E-state index in [0.717, 1.165) is 26.2 Å². The summed E-state index contributed by atoms with van der Waals surface area (Å²) in [6.45, 7) is 10.7. The Labute approximate surface area is 121 Å². The molecule has 3 nitrogen and oxygen atoms in total. The highest BCUT2D eigenvalue weighted by atomic mass is 16.3. The van der Waals surface area contributed by atoms with Gasteiger partial charge in [0.1, 0.15) is 0 Å². The smallest absolute Gasteiger partial charge is 0.0887 e. The normalized spacial score (nSPS) is 49.6. The highest BCUT2D eigenvalue weighted by Crippen LogP contribution is 2.54. The van der Waals surface area contributed by atoms with Crippen LogP contribution in [-0.4, -0.2) is 47.2 Å². The molecule has 108 valence electrons. The Morgan fingerprint density at radius 1 is 0.950 bits per heavy atom. The monoisotopic (exact) mass is 272 g/mol. The van der Waals surface area contributed by atoms with Gasteiger partial charge in [0.15, 0.2) is 0 Å². The fourth-order valence-electron chi connectivity index (χ4n) is 4.99. The van der Waals surface area contributed by atoms with Crippen LogP contribution in [0.1, 0.15) is 31.1 Å². The van der Waals surface area contributed by atoms with E-state index >= 15 is 0 Å². The van der Waals surface area contributed by atoms with Gasteiger partial charge in [-0.15, -0.1) is 0 Å². The molecule has 0 amide bonds. The number of rotatable bonds is 1. The van der Waals surface area contributed by atoms with Crippen molar-refractivity contribution in [3.63, 3.8) is 0 Å². The van der Waals surface area contributed by atoms with Crippen molar-refractivity contribution >= 4 is 0 Å². The summed E-state index contributed by atoms with van der Waals surface area (Å²) in [5, 5.41) is 10.7. The third-order valence-corrected chi connectivity index (χ3v) is 5.64. The standard InChI is InChI=1S/C17H24N2O/c1-12-4-6-13(7-5-12)14-18-8-16(2)9-19(14)11-17(3,10-18)15(16)20/h4-7,14-15,20H,8-11H2,1-3H3. The molecule has 1 aromatic rings. The quantitative estimate of drug-likeness (QED) is 0.847. The van der Waals surface area contributed by atoms with E-state index in [0.29, 0.717) is 6.17 Å². The predicted molar refractivity (Wildman–Crippen MR) is 79.3 cm³/mol. The second kappa shape index (κ2) is 3.85. The van der Waals surface area contributed by atoms with Gasteiger partial charge in [-0.25, -0.2) is 0 Å². The van der Waals surface area contributed by atoms with Crippen molar-refractivity contribution in [1.29, 1.82) is 0 Å². The predicted octanol–water partition coefficient (Wildman–Crippen LogP) is 2.01. The second-order valence-corrected chi connectivity index (χ2v) is 7.80. The number of aryl methyl sites for hydroxylation is 1. The first-order chi connectivity index (χ1) is 9.41. The molecule has 5 rings (SSSR count). The highest BCUT2D eigenvalue weighted by molar-refractivity contribution is 5.27. The molecular weight excluding hydrogens is 248 g/mol. The Kier molecular flexibility index (Phi) is 2.46. The lowest BCUT2D eigenvalue weighted by Gasteiger charge is -2.68. The van der Waals surface area contributed by atoms with E-state index in [1.54, 1.807) is 0 Å². The number of piperidine rings is 2. The first-order valence-corrected chi connectivity index (χ1v) is 7.64. The largest absolute Gasteiger partial charge is 0.392 e. The molecule has 4 aliphatic rings. The van der Waals surface area contributed by atoms with E-state index < -0.39 is 0 Å². The zero-order valence-electron chi connectivity index (χ0n) is 12.6. The fraction of sp³-hybridized carbons (Fsp3) is 0.647. The Morgan fingerprint density at radius 3 is 1.85 bits per heavy atom. The van der Waals surface area contributed by atoms with E-state index in [2.05, 4.69) is 54.8 Å². The van der Waals surface area contributed by atoms with Crippen molar-refractivity contribution in [3.8, 4) is 0 Å². The molecule has 0 saturated carbocycles. The molecule has 4 aliphatic heterocycles. The molecule has 0 aliphatic carbocycles. The van der Waals surface area contributed by atoms with Gasteiger partial charge in [0, 0.05) is 37.0 Å². The Balaban J connectivity index is 1.72. The number of benzene rings is 1. The number of aliphatic hydroxyl groups excluding tert-OH is 1. The summed E-state index contributed by atoms with van der Waals surface area (Å²) in [6.07, 6.45) is 0.241. The van der Waals surface area contributed by atoms with Gasteiger partial charge >= 0.3 is 0 Å². The van der Waals surface area contributed by atoms with Crippen LogP contribution in [-0.2, 0) is 0 Å². The van der Waals surface area contributed by atoms with Crippen LogP contribution in [0.3, 0.4) is 0 Å². The van der Waals surface area contributed by atoms with E-state index in [1.807, 2.05) is 0 Å². The molecule has 0 unspecified atom stereocenters. The van der Waals surface area contributed by atoms with Crippen molar-refractivity contribution in [3.05, 3.63) is 35.4 Å². The Bertz CT molecular complexity index is 500. The maximum atomic E-state index is 10.7. The first-order valence-electron chi connectivity index (χ1n) is 7.64. The van der Waals surface area contributed by atoms with Crippen LogP contribution >= 0.6 is 0 Å². The highest BCUT2D eigenvalue weighted by Gasteiger charge is 2.61. The molecular formula is C17H24N2O. The van der Waals surface area contributed by atoms with Crippen molar-refractivity contribution in [2.24, 2.45) is 10.8 Å². The molecule has 4 bridgehead atoms. The van der Waals surface area contributed by atoms with Crippen LogP contribution in [0.2, 0.25) is 0 Å². The van der Waals surface area contributed by atoms with Gasteiger partial charge in [-0.2, -0.15) is 0 Å². The van der Waals surface area contributed by atoms with Crippen LogP contribution in [0.5, 0.6) is 0 Å². The van der Waals surface area contributed by atoms with Crippen LogP contribution in [0.25, 0.3) is 0 Å². The van der Waals surface area contributed by atoms with Crippen LogP contribution in [0, 0.1) is 17.8 Å². The van der Waals surface area contributed by atoms with Gasteiger partial charge in [0.25, 0.3) is 0 Å². The van der Waals surface area contributed by atoms with Crippen molar-refractivity contribution in [1.82, 2.24) is 9.80 Å². The minimum Gasteiger partial charge on any atom is -0.392 e. The molecule has 0 radical (unpaired) electrons. The number of aliphatic hydroxyl groups is 1. The zero-order valence-corrected chi connectivity index (χ0v) is 12.6. The fourth-order valence-corrected chi connectivity index (χ4v) is 4.99. The van der Waals surface area contributed by atoms with Gasteiger partial charge in [0.05, 0.1) is 12.3 Å². The van der Waals surface area contributed by atoms with Crippen molar-refractivity contribution < 1.29 is 5.11 Å². The summed E-state index contributed by atoms with van der Waals surface area (Å²) in [6, 6.07) is 8.95. The van der Waals surface area contributed by atoms with Gasteiger partial charge in [-0.05, 0) is 12.5 Å². The van der Waals surface area contributed by atoms with Crippen LogP contribution in [0.15, 0.2) is 24.3 Å². The lowest BCUT2D eigenvalue weighted by Crippen LogP contribution is -2.76. The van der Waals surface area contributed by atoms with Gasteiger partial charge in [-0.3, -0.25) is 9.80 Å². The number of hydrogen-bond acceptors (Lipinski definition) is 3. The maximum Gasteiger partial charge on any atom is 0.0887 e. The summed E-state index contributed by atoms with van der Waals surface area (Å²) >= 11 is 0. The molecule has 0 aromatic heterocycles. The molecule has 3 heteroatoms. The van der Waals surface area contributed by atoms with E-state index in [1.165, 1.54) is 11.1 Å². The molecule has 20 heavy (non-hydrogen) atoms. The van der Waals surface area contributed by atoms with Crippen LogP contribution < -0.4 is 0 Å². The second-order valence-electron chi connectivity index (χ2n) is 7.80. The third kappa shape index (κ3) is 1.57. The summed E-state index contributed by atoms with van der Waals surface area (Å²) < 4.78 is 0. The van der Waals surface area contributed by atoms with Gasteiger partial charge in [-0.1, -0.05) is 43.7 Å².